The van der Waals surface area contributed by atoms with Crippen LogP contribution in [0.1, 0.15) is 41.5 Å². The molecule has 0 aromatic rings. The van der Waals surface area contributed by atoms with Crippen molar-refractivity contribution < 1.29 is 14.3 Å². The molecule has 0 heterocycles. The Bertz CT molecular complexity index is 231. The lowest BCUT2D eigenvalue weighted by molar-refractivity contribution is 0.284. The normalized spacial score (nSPS) is 20.8. The van der Waals surface area contributed by atoms with Crippen molar-refractivity contribution in [1.29, 1.82) is 0 Å². The summed E-state index contributed by atoms with van der Waals surface area (Å²) < 4.78 is 6.43. The fourth-order valence-corrected chi connectivity index (χ4v) is 9.23. The monoisotopic (exact) mass is 278 g/mol. The van der Waals surface area contributed by atoms with Crippen LogP contribution in [0.15, 0.2) is 0 Å². The minimum atomic E-state index is -2.23. The molecule has 0 aliphatic carbocycles. The molecule has 0 fully saturated rings. The Balaban J connectivity index is 5.27. The van der Waals surface area contributed by atoms with Crippen molar-refractivity contribution in [3.63, 3.8) is 0 Å². The zero-order valence-electron chi connectivity index (χ0n) is 12.7. The summed E-state index contributed by atoms with van der Waals surface area (Å²) in [4.78, 5) is 0. The van der Waals surface area contributed by atoms with Crippen LogP contribution < -0.4 is 0 Å². The molecule has 0 radical (unpaired) electrons. The molecule has 104 valence electrons. The van der Waals surface area contributed by atoms with Gasteiger partial charge in [0.2, 0.25) is 16.6 Å². The van der Waals surface area contributed by atoms with Crippen molar-refractivity contribution in [3.8, 4) is 0 Å². The van der Waals surface area contributed by atoms with Gasteiger partial charge in [-0.25, -0.2) is 0 Å². The summed E-state index contributed by atoms with van der Waals surface area (Å²) >= 11 is 0. The molecule has 2 atom stereocenters. The van der Waals surface area contributed by atoms with Gasteiger partial charge >= 0.3 is 0 Å². The topological polar surface area (TPSA) is 49.7 Å². The summed E-state index contributed by atoms with van der Waals surface area (Å²) in [5.74, 6) is 0. The number of aliphatic hydroxyl groups excluding tert-OH is 2. The minimum Gasteiger partial charge on any atom is -0.452 e. The standard InChI is InChI=1S/C12H30O3Si2/c1-11(2,3)16(7,9-13)15-17(8,10-14)12(4,5)6/h13-14H,9-10H2,1-8H3. The molecular formula is C12H30O3Si2. The highest BCUT2D eigenvalue weighted by Crippen LogP contribution is 2.44. The Kier molecular flexibility index (Phi) is 5.22. The van der Waals surface area contributed by atoms with Gasteiger partial charge in [0.15, 0.2) is 0 Å². The molecule has 17 heavy (non-hydrogen) atoms. The van der Waals surface area contributed by atoms with E-state index in [0.717, 1.165) is 0 Å². The van der Waals surface area contributed by atoms with Crippen LogP contribution in [0, 0.1) is 0 Å². The fraction of sp³-hybridized carbons (Fsp3) is 1.00. The second-order valence-corrected chi connectivity index (χ2v) is 16.8. The van der Waals surface area contributed by atoms with Crippen molar-refractivity contribution in [2.24, 2.45) is 0 Å². The van der Waals surface area contributed by atoms with Gasteiger partial charge in [-0.2, -0.15) is 0 Å². The van der Waals surface area contributed by atoms with E-state index < -0.39 is 16.6 Å². The van der Waals surface area contributed by atoms with E-state index in [2.05, 4.69) is 54.6 Å². The highest BCUT2D eigenvalue weighted by atomic mass is 28.4. The first-order valence-electron chi connectivity index (χ1n) is 6.25. The lowest BCUT2D eigenvalue weighted by atomic mass is 10.2. The molecule has 3 nitrogen and oxygen atoms in total. The quantitative estimate of drug-likeness (QED) is 0.778. The molecule has 0 saturated carbocycles. The summed E-state index contributed by atoms with van der Waals surface area (Å²) in [6.07, 6.45) is 0.213. The van der Waals surface area contributed by atoms with E-state index in [-0.39, 0.29) is 22.5 Å². The third-order valence-corrected chi connectivity index (χ3v) is 15.4. The molecule has 0 bridgehead atoms. The van der Waals surface area contributed by atoms with Crippen molar-refractivity contribution in [2.45, 2.75) is 64.7 Å². The Morgan fingerprint density at radius 3 is 1.12 bits per heavy atom. The van der Waals surface area contributed by atoms with Crippen LogP contribution in [-0.2, 0) is 4.12 Å². The second-order valence-electron chi connectivity index (χ2n) is 7.38. The van der Waals surface area contributed by atoms with Crippen LogP contribution >= 0.6 is 0 Å². The maximum atomic E-state index is 9.72. The average molecular weight is 279 g/mol. The van der Waals surface area contributed by atoms with Gasteiger partial charge in [0, 0.05) is 0 Å². The Morgan fingerprint density at radius 1 is 0.765 bits per heavy atom. The van der Waals surface area contributed by atoms with Crippen molar-refractivity contribution in [1.82, 2.24) is 0 Å². The van der Waals surface area contributed by atoms with E-state index >= 15 is 0 Å². The van der Waals surface area contributed by atoms with Crippen molar-refractivity contribution >= 4 is 16.6 Å². The molecule has 0 rings (SSSR count). The van der Waals surface area contributed by atoms with Gasteiger partial charge in [0.05, 0.1) is 12.5 Å². The number of aliphatic hydroxyl groups is 2. The molecule has 0 aromatic heterocycles. The van der Waals surface area contributed by atoms with Gasteiger partial charge in [-0.05, 0) is 23.2 Å². The third kappa shape index (κ3) is 3.64. The van der Waals surface area contributed by atoms with E-state index in [1.807, 2.05) is 0 Å². The highest BCUT2D eigenvalue weighted by Gasteiger charge is 2.51. The Labute approximate surface area is 108 Å². The van der Waals surface area contributed by atoms with Gasteiger partial charge in [-0.15, -0.1) is 0 Å². The lowest BCUT2D eigenvalue weighted by Crippen LogP contribution is -2.61. The highest BCUT2D eigenvalue weighted by molar-refractivity contribution is 6.88. The molecule has 0 aliphatic rings. The summed E-state index contributed by atoms with van der Waals surface area (Å²) in [5.41, 5.74) is 0. The molecule has 0 aromatic carbocycles. The van der Waals surface area contributed by atoms with E-state index in [0.29, 0.717) is 0 Å². The van der Waals surface area contributed by atoms with E-state index in [9.17, 15) is 10.2 Å². The Morgan fingerprint density at radius 2 is 1.00 bits per heavy atom. The molecule has 0 aliphatic heterocycles. The summed E-state index contributed by atoms with van der Waals surface area (Å²) in [5, 5.41) is 19.4. The van der Waals surface area contributed by atoms with Gasteiger partial charge in [0.25, 0.3) is 0 Å². The second kappa shape index (κ2) is 5.13. The van der Waals surface area contributed by atoms with Crippen LogP contribution in [0.5, 0.6) is 0 Å². The predicted molar refractivity (Wildman–Crippen MR) is 77.9 cm³/mol. The van der Waals surface area contributed by atoms with Gasteiger partial charge in [0.1, 0.15) is 0 Å². The van der Waals surface area contributed by atoms with Crippen molar-refractivity contribution in [3.05, 3.63) is 0 Å². The smallest absolute Gasteiger partial charge is 0.207 e. The minimum absolute atomic E-state index is 0.0313. The Hall–Kier alpha value is 0.314. The average Bonchev–Trinajstić information content (AvgIpc) is 2.13. The molecule has 2 unspecified atom stereocenters. The molecule has 0 spiro atoms. The van der Waals surface area contributed by atoms with Crippen LogP contribution in [0.2, 0.25) is 23.2 Å². The molecule has 5 heteroatoms. The molecule has 0 amide bonds. The largest absolute Gasteiger partial charge is 0.452 e. The zero-order valence-corrected chi connectivity index (χ0v) is 14.7. The molecule has 2 N–H and O–H groups in total. The van der Waals surface area contributed by atoms with E-state index in [4.69, 9.17) is 4.12 Å². The maximum Gasteiger partial charge on any atom is 0.207 e. The zero-order chi connectivity index (χ0) is 14.1. The SMILES string of the molecule is CC(C)(C)[Si](C)(CO)O[Si](C)(CO)C(C)(C)C. The van der Waals surface area contributed by atoms with Crippen LogP contribution in [0.4, 0.5) is 0 Å². The van der Waals surface area contributed by atoms with Gasteiger partial charge in [-0.3, -0.25) is 0 Å². The van der Waals surface area contributed by atoms with Gasteiger partial charge < -0.3 is 14.3 Å². The fourth-order valence-electron chi connectivity index (χ4n) is 1.34. The first-order chi connectivity index (χ1) is 7.33. The number of hydrogen-bond donors (Lipinski definition) is 2. The van der Waals surface area contributed by atoms with Crippen molar-refractivity contribution in [2.75, 3.05) is 12.5 Å². The third-order valence-electron chi connectivity index (χ3n) is 4.23. The first-order valence-corrected chi connectivity index (χ1v) is 11.5. The maximum absolute atomic E-state index is 9.72. The number of hydrogen-bond acceptors (Lipinski definition) is 3. The van der Waals surface area contributed by atoms with E-state index in [1.165, 1.54) is 0 Å². The van der Waals surface area contributed by atoms with Crippen LogP contribution in [-0.4, -0.2) is 39.3 Å². The summed E-state index contributed by atoms with van der Waals surface area (Å²) in [6, 6.07) is 0. The lowest BCUT2D eigenvalue weighted by Gasteiger charge is -2.48. The predicted octanol–water partition coefficient (Wildman–Crippen LogP) is 2.82. The van der Waals surface area contributed by atoms with Crippen LogP contribution in [0.25, 0.3) is 0 Å². The van der Waals surface area contributed by atoms with E-state index in [1.54, 1.807) is 0 Å². The van der Waals surface area contributed by atoms with Gasteiger partial charge in [-0.1, -0.05) is 41.5 Å². The van der Waals surface area contributed by atoms with Crippen LogP contribution in [0.3, 0.4) is 0 Å². The first kappa shape index (κ1) is 17.3. The summed E-state index contributed by atoms with van der Waals surface area (Å²) in [6.45, 7) is 16.8. The number of rotatable bonds is 4. The molecular weight excluding hydrogens is 248 g/mol. The molecule has 0 saturated heterocycles. The summed E-state index contributed by atoms with van der Waals surface area (Å²) in [7, 11) is -4.47.